The van der Waals surface area contributed by atoms with Crippen molar-refractivity contribution in [2.24, 2.45) is 0 Å². The topological polar surface area (TPSA) is 34.1 Å². The van der Waals surface area contributed by atoms with Crippen LogP contribution in [0.1, 0.15) is 12.6 Å². The maximum Gasteiger partial charge on any atom is 0.119 e. The van der Waals surface area contributed by atoms with Gasteiger partial charge in [0, 0.05) is 27.5 Å². The predicted molar refractivity (Wildman–Crippen MR) is 92.4 cm³/mol. The number of pyridine rings is 1. The summed E-state index contributed by atoms with van der Waals surface area (Å²) in [5, 5.41) is 5.14. The van der Waals surface area contributed by atoms with Crippen LogP contribution >= 0.6 is 11.6 Å². The summed E-state index contributed by atoms with van der Waals surface area (Å²) in [5.41, 5.74) is 3.88. The minimum absolute atomic E-state index is 0.666. The van der Waals surface area contributed by atoms with Crippen molar-refractivity contribution in [2.75, 3.05) is 11.9 Å². The number of halogens is 1. The number of rotatable bonds is 4. The Balaban J connectivity index is 1.97. The number of hydrogen-bond donors (Lipinski definition) is 1. The molecule has 0 radical (unpaired) electrons. The van der Waals surface area contributed by atoms with E-state index in [1.165, 1.54) is 0 Å². The zero-order valence-corrected chi connectivity index (χ0v) is 13.3. The van der Waals surface area contributed by atoms with Gasteiger partial charge >= 0.3 is 0 Å². The second kappa shape index (κ2) is 6.24. The third-order valence-corrected chi connectivity index (χ3v) is 3.58. The highest BCUT2D eigenvalue weighted by molar-refractivity contribution is 6.31. The molecule has 0 amide bonds. The summed E-state index contributed by atoms with van der Waals surface area (Å²) in [6, 6.07) is 15.7. The molecule has 0 atom stereocenters. The fourth-order valence-corrected chi connectivity index (χ4v) is 2.56. The van der Waals surface area contributed by atoms with Gasteiger partial charge in [-0.2, -0.15) is 0 Å². The van der Waals surface area contributed by atoms with Crippen LogP contribution in [0.3, 0.4) is 0 Å². The van der Waals surface area contributed by atoms with Gasteiger partial charge in [0.2, 0.25) is 0 Å². The van der Waals surface area contributed by atoms with E-state index in [9.17, 15) is 0 Å². The molecule has 112 valence electrons. The first-order valence-electron chi connectivity index (χ1n) is 7.22. The smallest absolute Gasteiger partial charge is 0.119 e. The molecule has 3 aromatic rings. The van der Waals surface area contributed by atoms with Crippen LogP contribution in [0.2, 0.25) is 5.02 Å². The average molecular weight is 313 g/mol. The number of anilines is 2. The number of nitrogens with one attached hydrogen (secondary N) is 1. The molecule has 0 aliphatic rings. The summed E-state index contributed by atoms with van der Waals surface area (Å²) < 4.78 is 5.46. The molecular weight excluding hydrogens is 296 g/mol. The number of hydrogen-bond acceptors (Lipinski definition) is 3. The molecule has 0 aliphatic carbocycles. The Labute approximate surface area is 134 Å². The van der Waals surface area contributed by atoms with E-state index in [1.807, 2.05) is 62.4 Å². The lowest BCUT2D eigenvalue weighted by Gasteiger charge is -2.12. The van der Waals surface area contributed by atoms with Crippen LogP contribution in [0.25, 0.3) is 10.9 Å². The van der Waals surface area contributed by atoms with E-state index >= 15 is 0 Å². The van der Waals surface area contributed by atoms with Gasteiger partial charge in [-0.15, -0.1) is 0 Å². The van der Waals surface area contributed by atoms with Crippen LogP contribution < -0.4 is 10.1 Å². The van der Waals surface area contributed by atoms with E-state index in [4.69, 9.17) is 16.3 Å². The zero-order chi connectivity index (χ0) is 15.5. The molecule has 1 heterocycles. The Morgan fingerprint density at radius 3 is 2.59 bits per heavy atom. The van der Waals surface area contributed by atoms with E-state index in [0.717, 1.165) is 33.7 Å². The molecule has 0 aliphatic heterocycles. The number of nitrogens with zero attached hydrogens (tertiary/aromatic N) is 1. The van der Waals surface area contributed by atoms with E-state index in [0.29, 0.717) is 11.6 Å². The summed E-state index contributed by atoms with van der Waals surface area (Å²) in [4.78, 5) is 4.54. The SMILES string of the molecule is CCOc1ccc(Nc2cc(C)nc3ccc(Cl)cc23)cc1. The average Bonchev–Trinajstić information content (AvgIpc) is 2.50. The van der Waals surface area contributed by atoms with Crippen molar-refractivity contribution >= 4 is 33.9 Å². The van der Waals surface area contributed by atoms with Crippen LogP contribution in [-0.2, 0) is 0 Å². The second-order valence-corrected chi connectivity index (χ2v) is 5.49. The molecule has 22 heavy (non-hydrogen) atoms. The van der Waals surface area contributed by atoms with E-state index in [-0.39, 0.29) is 0 Å². The zero-order valence-electron chi connectivity index (χ0n) is 12.6. The fraction of sp³-hybridized carbons (Fsp3) is 0.167. The largest absolute Gasteiger partial charge is 0.494 e. The molecule has 0 fully saturated rings. The van der Waals surface area contributed by atoms with Crippen LogP contribution in [0.15, 0.2) is 48.5 Å². The molecule has 0 unspecified atom stereocenters. The lowest BCUT2D eigenvalue weighted by atomic mass is 10.1. The summed E-state index contributed by atoms with van der Waals surface area (Å²) in [7, 11) is 0. The highest BCUT2D eigenvalue weighted by Crippen LogP contribution is 2.29. The summed E-state index contributed by atoms with van der Waals surface area (Å²) >= 11 is 6.12. The van der Waals surface area contributed by atoms with Crippen molar-refractivity contribution in [3.63, 3.8) is 0 Å². The fourth-order valence-electron chi connectivity index (χ4n) is 2.39. The molecule has 1 aromatic heterocycles. The molecule has 2 aromatic carbocycles. The standard InChI is InChI=1S/C18H17ClN2O/c1-3-22-15-7-5-14(6-8-15)21-18-10-12(2)20-17-9-4-13(19)11-16(17)18/h4-11H,3H2,1-2H3,(H,20,21). The van der Waals surface area contributed by atoms with Crippen LogP contribution in [0.4, 0.5) is 11.4 Å². The highest BCUT2D eigenvalue weighted by atomic mass is 35.5. The minimum atomic E-state index is 0.666. The van der Waals surface area contributed by atoms with Crippen molar-refractivity contribution in [2.45, 2.75) is 13.8 Å². The normalized spacial score (nSPS) is 10.7. The Hall–Kier alpha value is -2.26. The first kappa shape index (κ1) is 14.7. The van der Waals surface area contributed by atoms with Crippen LogP contribution in [-0.4, -0.2) is 11.6 Å². The number of ether oxygens (including phenoxy) is 1. The molecule has 0 saturated carbocycles. The highest BCUT2D eigenvalue weighted by Gasteiger charge is 2.06. The molecule has 0 bridgehead atoms. The van der Waals surface area contributed by atoms with Gasteiger partial charge in [-0.25, -0.2) is 0 Å². The number of aryl methyl sites for hydroxylation is 1. The van der Waals surface area contributed by atoms with E-state index < -0.39 is 0 Å². The third-order valence-electron chi connectivity index (χ3n) is 3.34. The second-order valence-electron chi connectivity index (χ2n) is 5.06. The quantitative estimate of drug-likeness (QED) is 0.706. The van der Waals surface area contributed by atoms with Crippen LogP contribution in [0, 0.1) is 6.92 Å². The van der Waals surface area contributed by atoms with Gasteiger partial charge in [0.15, 0.2) is 0 Å². The molecule has 0 spiro atoms. The molecule has 1 N–H and O–H groups in total. The van der Waals surface area contributed by atoms with Crippen molar-refractivity contribution in [1.29, 1.82) is 0 Å². The molecule has 3 rings (SSSR count). The lowest BCUT2D eigenvalue weighted by molar-refractivity contribution is 0.340. The van der Waals surface area contributed by atoms with Gasteiger partial charge in [0.25, 0.3) is 0 Å². The maximum atomic E-state index is 6.12. The number of benzene rings is 2. The molecule has 4 heteroatoms. The van der Waals surface area contributed by atoms with Crippen molar-refractivity contribution in [3.8, 4) is 5.75 Å². The Kier molecular flexibility index (Phi) is 4.16. The lowest BCUT2D eigenvalue weighted by Crippen LogP contribution is -1.95. The van der Waals surface area contributed by atoms with E-state index in [2.05, 4.69) is 10.3 Å². The van der Waals surface area contributed by atoms with Gasteiger partial charge in [-0.1, -0.05) is 11.6 Å². The van der Waals surface area contributed by atoms with Gasteiger partial charge in [-0.05, 0) is 62.4 Å². The Bertz CT molecular complexity index is 800. The van der Waals surface area contributed by atoms with Gasteiger partial charge in [-0.3, -0.25) is 4.98 Å². The molecule has 0 saturated heterocycles. The molecular formula is C18H17ClN2O. The summed E-state index contributed by atoms with van der Waals surface area (Å²) in [6.45, 7) is 4.62. The molecule has 3 nitrogen and oxygen atoms in total. The van der Waals surface area contributed by atoms with Gasteiger partial charge in [0.1, 0.15) is 5.75 Å². The van der Waals surface area contributed by atoms with Crippen molar-refractivity contribution in [3.05, 3.63) is 59.2 Å². The van der Waals surface area contributed by atoms with Gasteiger partial charge in [0.05, 0.1) is 12.1 Å². The van der Waals surface area contributed by atoms with Crippen molar-refractivity contribution < 1.29 is 4.74 Å². The summed E-state index contributed by atoms with van der Waals surface area (Å²) in [6.07, 6.45) is 0. The van der Waals surface area contributed by atoms with Crippen molar-refractivity contribution in [1.82, 2.24) is 4.98 Å². The Morgan fingerprint density at radius 2 is 1.86 bits per heavy atom. The first-order chi connectivity index (χ1) is 10.7. The minimum Gasteiger partial charge on any atom is -0.494 e. The number of aromatic nitrogens is 1. The van der Waals surface area contributed by atoms with Crippen LogP contribution in [0.5, 0.6) is 5.75 Å². The predicted octanol–water partition coefficient (Wildman–Crippen LogP) is 5.34. The first-order valence-corrected chi connectivity index (χ1v) is 7.60. The monoisotopic (exact) mass is 312 g/mol. The maximum absolute atomic E-state index is 6.12. The van der Waals surface area contributed by atoms with Gasteiger partial charge < -0.3 is 10.1 Å². The summed E-state index contributed by atoms with van der Waals surface area (Å²) in [5.74, 6) is 0.867. The number of fused-ring (bicyclic) bond motifs is 1. The van der Waals surface area contributed by atoms with E-state index in [1.54, 1.807) is 0 Å². The Morgan fingerprint density at radius 1 is 1.09 bits per heavy atom. The third kappa shape index (κ3) is 3.15.